The molecule has 5 nitrogen and oxygen atoms in total. The van der Waals surface area contributed by atoms with Crippen molar-refractivity contribution in [2.75, 3.05) is 6.61 Å². The first-order valence-electron chi connectivity index (χ1n) is 12.8. The molecule has 0 bridgehead atoms. The molecule has 9 atom stereocenters. The maximum absolute atomic E-state index is 11.3. The van der Waals surface area contributed by atoms with Crippen molar-refractivity contribution in [1.29, 1.82) is 0 Å². The molecule has 0 aliphatic carbocycles. The fourth-order valence-corrected chi connectivity index (χ4v) is 8.66. The Morgan fingerprint density at radius 2 is 1.29 bits per heavy atom. The van der Waals surface area contributed by atoms with Crippen molar-refractivity contribution in [2.45, 2.75) is 120 Å². The van der Waals surface area contributed by atoms with Crippen LogP contribution < -0.4 is 0 Å². The van der Waals surface area contributed by atoms with Crippen LogP contribution in [-0.2, 0) is 30.3 Å². The molecule has 2 rings (SSSR count). The molecular formula is C26H49B2O5PS. The second kappa shape index (κ2) is 9.96. The number of rotatable bonds is 5. The van der Waals surface area contributed by atoms with Gasteiger partial charge in [-0.05, 0) is 52.2 Å². The lowest BCUT2D eigenvalue weighted by Gasteiger charge is -2.46. The molecule has 0 aromatic rings. The molecule has 0 aromatic heterocycles. The topological polar surface area (TPSA) is 57.2 Å². The third-order valence-corrected chi connectivity index (χ3v) is 9.31. The molecule has 1 N–H and O–H groups in total. The van der Waals surface area contributed by atoms with Gasteiger partial charge in [-0.1, -0.05) is 83.1 Å². The third-order valence-electron chi connectivity index (χ3n) is 7.67. The Morgan fingerprint density at radius 1 is 0.800 bits per heavy atom. The normalized spacial score (nSPS) is 39.1. The summed E-state index contributed by atoms with van der Waals surface area (Å²) in [5.74, 6) is 0.0415. The minimum absolute atomic E-state index is 0.0489. The summed E-state index contributed by atoms with van der Waals surface area (Å²) in [6.07, 6.45) is -0.685. The van der Waals surface area contributed by atoms with E-state index in [0.717, 1.165) is 0 Å². The summed E-state index contributed by atoms with van der Waals surface area (Å²) < 4.78 is 24.9. The SMILES string of the molecule is [B][C@@H]1O[C@H](COP(O)(=S)OC2(C)[C@@H](C(C)(C)C)O[C@@H]([B])[C@H]2C(C)(C)C)C(C(C)(C)C)[C@@H]1C(C)(C)C. The Balaban J connectivity index is 2.32. The molecule has 35 heavy (non-hydrogen) atoms. The first-order chi connectivity index (χ1) is 15.3. The van der Waals surface area contributed by atoms with Crippen LogP contribution in [0.5, 0.6) is 0 Å². The van der Waals surface area contributed by atoms with E-state index in [0.29, 0.717) is 0 Å². The summed E-state index contributed by atoms with van der Waals surface area (Å²) in [5.41, 5.74) is -1.61. The molecule has 2 aliphatic heterocycles. The molecule has 3 unspecified atom stereocenters. The molecule has 0 spiro atoms. The van der Waals surface area contributed by atoms with E-state index in [1.165, 1.54) is 0 Å². The van der Waals surface area contributed by atoms with E-state index in [9.17, 15) is 4.89 Å². The van der Waals surface area contributed by atoms with Gasteiger partial charge in [0, 0.05) is 17.9 Å². The van der Waals surface area contributed by atoms with E-state index in [1.807, 2.05) is 6.92 Å². The molecule has 9 heteroatoms. The van der Waals surface area contributed by atoms with E-state index in [-0.39, 0.29) is 58.2 Å². The monoisotopic (exact) mass is 526 g/mol. The predicted octanol–water partition coefficient (Wildman–Crippen LogP) is 5.81. The summed E-state index contributed by atoms with van der Waals surface area (Å²) in [7, 11) is 12.9. The standard InChI is InChI=1S/C26H49B2O5PS/c1-22(2,3)16-15(31-19(27)17(16)23(4,5)6)14-30-34(29,35)33-26(13)18(24(7,8)9)20(28)32-21(26)25(10,11)12/h15-21H,14H2,1-13H3,(H,29,35)/t15-,16?,17+,18+,19-,20-,21-,26?,34?/m1/s1. The lowest BCUT2D eigenvalue weighted by molar-refractivity contribution is -0.0920. The van der Waals surface area contributed by atoms with E-state index in [1.54, 1.807) is 0 Å². The zero-order valence-electron chi connectivity index (χ0n) is 24.3. The smallest absolute Gasteiger partial charge is 0.325 e. The summed E-state index contributed by atoms with van der Waals surface area (Å²) in [6.45, 7) is 24.0. The van der Waals surface area contributed by atoms with Gasteiger partial charge >= 0.3 is 6.72 Å². The maximum Gasteiger partial charge on any atom is 0.325 e. The van der Waals surface area contributed by atoms with E-state index < -0.39 is 24.3 Å². The van der Waals surface area contributed by atoms with Crippen molar-refractivity contribution in [1.82, 2.24) is 0 Å². The van der Waals surface area contributed by atoms with Crippen LogP contribution in [0.3, 0.4) is 0 Å². The second-order valence-corrected chi connectivity index (χ2v) is 17.9. The molecule has 0 aromatic carbocycles. The Kier molecular flexibility index (Phi) is 9.05. The highest BCUT2D eigenvalue weighted by Crippen LogP contribution is 2.60. The van der Waals surface area contributed by atoms with Crippen LogP contribution in [-0.4, -0.2) is 57.0 Å². The molecule has 4 radical (unpaired) electrons. The Labute approximate surface area is 223 Å². The summed E-state index contributed by atoms with van der Waals surface area (Å²) in [6, 6.07) is -0.965. The fraction of sp³-hybridized carbons (Fsp3) is 1.00. The molecule has 0 saturated carbocycles. The van der Waals surface area contributed by atoms with Crippen LogP contribution in [0.25, 0.3) is 0 Å². The van der Waals surface area contributed by atoms with Gasteiger partial charge in [-0.15, -0.1) is 0 Å². The average Bonchev–Trinajstić information content (AvgIpc) is 3.05. The number of ether oxygens (including phenoxy) is 2. The highest BCUT2D eigenvalue weighted by Gasteiger charge is 2.61. The summed E-state index contributed by atoms with van der Waals surface area (Å²) in [4.78, 5) is 11.3. The van der Waals surface area contributed by atoms with Gasteiger partial charge in [-0.25, -0.2) is 0 Å². The number of hydrogen-bond acceptors (Lipinski definition) is 5. The van der Waals surface area contributed by atoms with Gasteiger partial charge in [0.2, 0.25) is 0 Å². The minimum Gasteiger partial charge on any atom is -0.382 e. The summed E-state index contributed by atoms with van der Waals surface area (Å²) in [5, 5.41) is 0. The first-order valence-corrected chi connectivity index (χ1v) is 15.4. The van der Waals surface area contributed by atoms with Gasteiger partial charge in [0.05, 0.1) is 18.8 Å². The van der Waals surface area contributed by atoms with Gasteiger partial charge in [0.1, 0.15) is 21.3 Å². The Hall–Kier alpha value is 0.580. The Bertz CT molecular complexity index is 798. The molecule has 200 valence electrons. The zero-order valence-corrected chi connectivity index (χ0v) is 26.0. The summed E-state index contributed by atoms with van der Waals surface area (Å²) >= 11 is 5.58. The van der Waals surface area contributed by atoms with Gasteiger partial charge in [-0.3, -0.25) is 4.52 Å². The van der Waals surface area contributed by atoms with Crippen LogP contribution in [0.4, 0.5) is 0 Å². The van der Waals surface area contributed by atoms with Crippen LogP contribution in [0.15, 0.2) is 0 Å². The fourth-order valence-electron chi connectivity index (χ4n) is 6.90. The van der Waals surface area contributed by atoms with E-state index >= 15 is 0 Å². The van der Waals surface area contributed by atoms with Crippen molar-refractivity contribution < 1.29 is 23.4 Å². The molecule has 0 amide bonds. The zero-order chi connectivity index (χ0) is 27.6. The van der Waals surface area contributed by atoms with Crippen molar-refractivity contribution >= 4 is 34.2 Å². The lowest BCUT2D eigenvalue weighted by atomic mass is 9.59. The Morgan fingerprint density at radius 3 is 1.69 bits per heavy atom. The van der Waals surface area contributed by atoms with Crippen molar-refractivity contribution in [3.8, 4) is 0 Å². The minimum atomic E-state index is -3.68. The maximum atomic E-state index is 11.3. The quantitative estimate of drug-likeness (QED) is 0.360. The van der Waals surface area contributed by atoms with E-state index in [2.05, 4.69) is 83.1 Å². The van der Waals surface area contributed by atoms with Crippen LogP contribution in [0.1, 0.15) is 90.0 Å². The van der Waals surface area contributed by atoms with Crippen LogP contribution in [0, 0.1) is 39.4 Å². The van der Waals surface area contributed by atoms with Gasteiger partial charge in [0.25, 0.3) is 0 Å². The van der Waals surface area contributed by atoms with Crippen LogP contribution in [0.2, 0.25) is 0 Å². The van der Waals surface area contributed by atoms with Gasteiger partial charge in [-0.2, -0.15) is 0 Å². The molecule has 2 aliphatic rings. The first kappa shape index (κ1) is 31.8. The van der Waals surface area contributed by atoms with Crippen LogP contribution >= 0.6 is 6.72 Å². The largest absolute Gasteiger partial charge is 0.382 e. The third kappa shape index (κ3) is 6.97. The molecule has 2 heterocycles. The van der Waals surface area contributed by atoms with Crippen molar-refractivity contribution in [2.24, 2.45) is 39.4 Å². The van der Waals surface area contributed by atoms with Gasteiger partial charge < -0.3 is 18.9 Å². The highest BCUT2D eigenvalue weighted by atomic mass is 32.5. The van der Waals surface area contributed by atoms with Crippen molar-refractivity contribution in [3.05, 3.63) is 0 Å². The molecule has 2 saturated heterocycles. The van der Waals surface area contributed by atoms with E-state index in [4.69, 9.17) is 46.0 Å². The second-order valence-electron chi connectivity index (χ2n) is 15.2. The predicted molar refractivity (Wildman–Crippen MR) is 149 cm³/mol. The number of hydrogen-bond donors (Lipinski definition) is 1. The highest BCUT2D eigenvalue weighted by molar-refractivity contribution is 8.07. The van der Waals surface area contributed by atoms with Gasteiger partial charge in [0.15, 0.2) is 0 Å². The average molecular weight is 526 g/mol. The molecule has 2 fully saturated rings. The van der Waals surface area contributed by atoms with Crippen molar-refractivity contribution in [3.63, 3.8) is 0 Å². The molecular weight excluding hydrogens is 477 g/mol. The lowest BCUT2D eigenvalue weighted by Crippen LogP contribution is -2.52.